The van der Waals surface area contributed by atoms with Gasteiger partial charge in [-0.05, 0) is 42.7 Å². The minimum atomic E-state index is -1.59. The Kier molecular flexibility index (Phi) is 5.80. The molecule has 1 amide bonds. The molecule has 1 aliphatic carbocycles. The van der Waals surface area contributed by atoms with E-state index in [0.717, 1.165) is 66.5 Å². The van der Waals surface area contributed by atoms with E-state index in [1.807, 2.05) is 0 Å². The third-order valence-electron chi connectivity index (χ3n) is 7.38. The van der Waals surface area contributed by atoms with Crippen LogP contribution in [0.3, 0.4) is 0 Å². The summed E-state index contributed by atoms with van der Waals surface area (Å²) in [5.74, 6) is -3.96. The molecule has 4 aliphatic rings. The second kappa shape index (κ2) is 8.63. The third-order valence-corrected chi connectivity index (χ3v) is 7.38. The standard InChI is InChI=1S/C25H27F4N2O2/c26-19-3-1-2-4-22(19)30(13-17-11-20(27)24(29)21(28)12-17)25(32)33-23-15-31(14-16-5-6-16)9-7-18(23)8-10-31/h1-4,11-12,16,18,23H,5-10,13-15H2/q+1/t18?,23-,31?/m0/s1. The van der Waals surface area contributed by atoms with Crippen molar-refractivity contribution in [3.8, 4) is 0 Å². The second-order valence-corrected chi connectivity index (χ2v) is 9.77. The Balaban J connectivity index is 1.38. The number of piperidine rings is 3. The lowest BCUT2D eigenvalue weighted by Crippen LogP contribution is -2.65. The predicted octanol–water partition coefficient (Wildman–Crippen LogP) is 5.41. The monoisotopic (exact) mass is 463 g/mol. The van der Waals surface area contributed by atoms with E-state index in [4.69, 9.17) is 4.74 Å². The average Bonchev–Trinajstić information content (AvgIpc) is 3.60. The van der Waals surface area contributed by atoms with Crippen molar-refractivity contribution < 1.29 is 31.6 Å². The molecule has 2 aromatic carbocycles. The molecule has 176 valence electrons. The van der Waals surface area contributed by atoms with Crippen LogP contribution in [0.2, 0.25) is 0 Å². The normalized spacial score (nSPS) is 26.3. The molecule has 1 saturated carbocycles. The summed E-state index contributed by atoms with van der Waals surface area (Å²) in [6.07, 6.45) is 3.44. The first-order valence-electron chi connectivity index (χ1n) is 11.5. The van der Waals surface area contributed by atoms with Gasteiger partial charge in [-0.1, -0.05) is 12.1 Å². The first-order valence-corrected chi connectivity index (χ1v) is 11.5. The number of halogens is 4. The van der Waals surface area contributed by atoms with Crippen molar-refractivity contribution in [1.29, 1.82) is 0 Å². The number of carbonyl (C=O) groups excluding carboxylic acids is 1. The lowest BCUT2D eigenvalue weighted by atomic mass is 9.83. The summed E-state index contributed by atoms with van der Waals surface area (Å²) in [7, 11) is 0. The number of quaternary nitrogens is 1. The van der Waals surface area contributed by atoms with E-state index in [9.17, 15) is 22.4 Å². The van der Waals surface area contributed by atoms with Gasteiger partial charge >= 0.3 is 6.09 Å². The highest BCUT2D eigenvalue weighted by Gasteiger charge is 2.49. The Morgan fingerprint density at radius 1 is 0.970 bits per heavy atom. The minimum Gasteiger partial charge on any atom is -0.440 e. The summed E-state index contributed by atoms with van der Waals surface area (Å²) in [6.45, 7) is 3.71. The van der Waals surface area contributed by atoms with Gasteiger partial charge < -0.3 is 9.22 Å². The highest BCUT2D eigenvalue weighted by molar-refractivity contribution is 5.87. The number of fused-ring (bicyclic) bond motifs is 3. The maximum absolute atomic E-state index is 14.6. The summed E-state index contributed by atoms with van der Waals surface area (Å²) in [6, 6.07) is 7.27. The van der Waals surface area contributed by atoms with E-state index in [1.54, 1.807) is 6.07 Å². The molecule has 3 heterocycles. The number of benzene rings is 2. The molecule has 3 aliphatic heterocycles. The van der Waals surface area contributed by atoms with Gasteiger partial charge in [0.25, 0.3) is 0 Å². The minimum absolute atomic E-state index is 0.00208. The fourth-order valence-corrected chi connectivity index (χ4v) is 5.45. The van der Waals surface area contributed by atoms with Crippen LogP contribution in [0.25, 0.3) is 0 Å². The van der Waals surface area contributed by atoms with Gasteiger partial charge in [0.15, 0.2) is 23.6 Å². The topological polar surface area (TPSA) is 29.5 Å². The summed E-state index contributed by atoms with van der Waals surface area (Å²) in [5, 5.41) is 0. The molecule has 8 heteroatoms. The van der Waals surface area contributed by atoms with Gasteiger partial charge in [-0.15, -0.1) is 0 Å². The number of anilines is 1. The Labute approximate surface area is 190 Å². The molecular weight excluding hydrogens is 436 g/mol. The van der Waals surface area contributed by atoms with Crippen molar-refractivity contribution in [2.75, 3.05) is 31.1 Å². The zero-order valence-electron chi connectivity index (χ0n) is 18.3. The van der Waals surface area contributed by atoms with Crippen LogP contribution in [0.1, 0.15) is 31.2 Å². The summed E-state index contributed by atoms with van der Waals surface area (Å²) in [5.41, 5.74) is -0.0615. The number of para-hydroxylation sites is 1. The van der Waals surface area contributed by atoms with Gasteiger partial charge in [0.1, 0.15) is 12.4 Å². The molecule has 2 aromatic rings. The molecule has 6 rings (SSSR count). The van der Waals surface area contributed by atoms with Crippen LogP contribution in [0.15, 0.2) is 36.4 Å². The van der Waals surface area contributed by atoms with Gasteiger partial charge in [0, 0.05) is 24.7 Å². The lowest BCUT2D eigenvalue weighted by Gasteiger charge is -2.52. The summed E-state index contributed by atoms with van der Waals surface area (Å²) >= 11 is 0. The van der Waals surface area contributed by atoms with Gasteiger partial charge in [0.2, 0.25) is 0 Å². The molecule has 4 fully saturated rings. The molecule has 0 spiro atoms. The van der Waals surface area contributed by atoms with E-state index in [-0.39, 0.29) is 29.8 Å². The Bertz CT molecular complexity index is 1030. The van der Waals surface area contributed by atoms with Crippen LogP contribution in [0.4, 0.5) is 28.0 Å². The van der Waals surface area contributed by atoms with Gasteiger partial charge in [-0.2, -0.15) is 0 Å². The van der Waals surface area contributed by atoms with Crippen LogP contribution in [-0.2, 0) is 11.3 Å². The molecule has 4 nitrogen and oxygen atoms in total. The Hall–Kier alpha value is -2.61. The Morgan fingerprint density at radius 3 is 2.27 bits per heavy atom. The first-order chi connectivity index (χ1) is 15.8. The third kappa shape index (κ3) is 4.58. The van der Waals surface area contributed by atoms with Crippen molar-refractivity contribution >= 4 is 11.8 Å². The molecule has 3 saturated heterocycles. The first kappa shape index (κ1) is 22.2. The molecule has 0 unspecified atom stereocenters. The van der Waals surface area contributed by atoms with Gasteiger partial charge in [0.05, 0.1) is 31.9 Å². The highest BCUT2D eigenvalue weighted by Crippen LogP contribution is 2.41. The fourth-order valence-electron chi connectivity index (χ4n) is 5.45. The van der Waals surface area contributed by atoms with Crippen molar-refractivity contribution in [1.82, 2.24) is 0 Å². The van der Waals surface area contributed by atoms with Crippen molar-refractivity contribution in [2.24, 2.45) is 11.8 Å². The molecule has 0 N–H and O–H groups in total. The predicted molar refractivity (Wildman–Crippen MR) is 114 cm³/mol. The van der Waals surface area contributed by atoms with E-state index in [1.165, 1.54) is 31.0 Å². The maximum atomic E-state index is 14.6. The smallest absolute Gasteiger partial charge is 0.415 e. The summed E-state index contributed by atoms with van der Waals surface area (Å²) < 4.78 is 62.4. The zero-order chi connectivity index (χ0) is 23.2. The molecule has 1 atom stereocenters. The van der Waals surface area contributed by atoms with Crippen LogP contribution in [0.5, 0.6) is 0 Å². The number of carbonyl (C=O) groups is 1. The van der Waals surface area contributed by atoms with E-state index in [0.29, 0.717) is 0 Å². The molecule has 0 radical (unpaired) electrons. The van der Waals surface area contributed by atoms with Crippen molar-refractivity contribution in [2.45, 2.75) is 38.3 Å². The Morgan fingerprint density at radius 2 is 1.64 bits per heavy atom. The molecule has 2 bridgehead atoms. The number of hydrogen-bond donors (Lipinski definition) is 0. The van der Waals surface area contributed by atoms with Crippen LogP contribution < -0.4 is 4.90 Å². The SMILES string of the molecule is O=C(O[C@H]1C[N+]2(CC3CC3)CCC1CC2)N(Cc1cc(F)c(F)c(F)c1)c1ccccc1F. The molecular formula is C25H27F4N2O2+. The number of ether oxygens (including phenoxy) is 1. The maximum Gasteiger partial charge on any atom is 0.415 e. The second-order valence-electron chi connectivity index (χ2n) is 9.77. The van der Waals surface area contributed by atoms with Crippen LogP contribution in [0, 0.1) is 35.1 Å². The van der Waals surface area contributed by atoms with Crippen LogP contribution in [-0.4, -0.2) is 42.9 Å². The number of rotatable bonds is 6. The van der Waals surface area contributed by atoms with Gasteiger partial charge in [-0.3, -0.25) is 4.90 Å². The number of hydrogen-bond acceptors (Lipinski definition) is 2. The zero-order valence-corrected chi connectivity index (χ0v) is 18.3. The van der Waals surface area contributed by atoms with E-state index in [2.05, 4.69) is 0 Å². The van der Waals surface area contributed by atoms with Crippen molar-refractivity contribution in [3.63, 3.8) is 0 Å². The quantitative estimate of drug-likeness (QED) is 0.326. The average molecular weight is 463 g/mol. The van der Waals surface area contributed by atoms with E-state index < -0.39 is 29.4 Å². The lowest BCUT2D eigenvalue weighted by molar-refractivity contribution is -0.947. The fraction of sp³-hybridized carbons (Fsp3) is 0.480. The largest absolute Gasteiger partial charge is 0.440 e. The van der Waals surface area contributed by atoms with Crippen molar-refractivity contribution in [3.05, 3.63) is 65.2 Å². The molecule has 33 heavy (non-hydrogen) atoms. The summed E-state index contributed by atoms with van der Waals surface area (Å²) in [4.78, 5) is 14.3. The molecule has 0 aromatic heterocycles. The highest BCUT2D eigenvalue weighted by atomic mass is 19.2. The van der Waals surface area contributed by atoms with Crippen LogP contribution >= 0.6 is 0 Å². The number of nitrogens with zero attached hydrogens (tertiary/aromatic N) is 2. The number of amides is 1. The van der Waals surface area contributed by atoms with Gasteiger partial charge in [-0.25, -0.2) is 22.4 Å². The van der Waals surface area contributed by atoms with E-state index >= 15 is 0 Å².